The Morgan fingerprint density at radius 1 is 0.978 bits per heavy atom. The number of nitrogens with two attached hydrogens (primary N) is 1. The molecule has 3 amide bonds. The molecular formula is C32H29F3N6O4. The van der Waals surface area contributed by atoms with Crippen LogP contribution in [0.2, 0.25) is 0 Å². The van der Waals surface area contributed by atoms with Crippen molar-refractivity contribution in [2.45, 2.75) is 31.5 Å². The van der Waals surface area contributed by atoms with Crippen molar-refractivity contribution < 1.29 is 32.3 Å². The van der Waals surface area contributed by atoms with Crippen LogP contribution in [-0.2, 0) is 17.5 Å². The molecule has 0 unspecified atom stereocenters. The number of aliphatic imine (C=N–C) groups is 1. The minimum atomic E-state index is -4.74. The van der Waals surface area contributed by atoms with Crippen molar-refractivity contribution in [1.29, 1.82) is 0 Å². The van der Waals surface area contributed by atoms with Crippen LogP contribution in [0.3, 0.4) is 0 Å². The Morgan fingerprint density at radius 2 is 1.67 bits per heavy atom. The first-order chi connectivity index (χ1) is 21.6. The number of aromatic nitrogens is 2. The predicted octanol–water partition coefficient (Wildman–Crippen LogP) is 5.29. The summed E-state index contributed by atoms with van der Waals surface area (Å²) in [6.07, 6.45) is -0.0968. The van der Waals surface area contributed by atoms with Crippen LogP contribution in [0.5, 0.6) is 0 Å². The molecule has 13 heteroatoms. The third-order valence-corrected chi connectivity index (χ3v) is 7.42. The molecule has 2 heterocycles. The zero-order valence-electron chi connectivity index (χ0n) is 23.9. The Bertz CT molecular complexity index is 1680. The van der Waals surface area contributed by atoms with Gasteiger partial charge in [0.15, 0.2) is 0 Å². The first-order valence-corrected chi connectivity index (χ1v) is 14.0. The second-order valence-corrected chi connectivity index (χ2v) is 10.4. The summed E-state index contributed by atoms with van der Waals surface area (Å²) in [7, 11) is 0. The maximum Gasteiger partial charge on any atom is 0.437 e. The molecule has 3 N–H and O–H groups in total. The highest BCUT2D eigenvalue weighted by Gasteiger charge is 2.37. The summed E-state index contributed by atoms with van der Waals surface area (Å²) in [5, 5.41) is 2.12. The highest BCUT2D eigenvalue weighted by atomic mass is 19.4. The van der Waals surface area contributed by atoms with E-state index in [-0.39, 0.29) is 36.7 Å². The van der Waals surface area contributed by atoms with E-state index in [1.54, 1.807) is 82.8 Å². The van der Waals surface area contributed by atoms with Gasteiger partial charge in [-0.1, -0.05) is 36.4 Å². The Morgan fingerprint density at radius 3 is 2.31 bits per heavy atom. The van der Waals surface area contributed by atoms with Gasteiger partial charge in [-0.2, -0.15) is 13.2 Å². The molecule has 1 aromatic heterocycles. The largest absolute Gasteiger partial charge is 0.443 e. The van der Waals surface area contributed by atoms with Gasteiger partial charge in [0.05, 0.1) is 11.9 Å². The molecule has 0 bridgehead atoms. The summed E-state index contributed by atoms with van der Waals surface area (Å²) in [5.74, 6) is -2.26. The van der Waals surface area contributed by atoms with Crippen molar-refractivity contribution in [1.82, 2.24) is 19.8 Å². The lowest BCUT2D eigenvalue weighted by atomic mass is 9.85. The topological polar surface area (TPSA) is 132 Å². The smallest absolute Gasteiger partial charge is 0.437 e. The molecule has 1 saturated heterocycles. The zero-order valence-corrected chi connectivity index (χ0v) is 23.9. The summed E-state index contributed by atoms with van der Waals surface area (Å²) < 4.78 is 49.2. The Balaban J connectivity index is 1.21. The van der Waals surface area contributed by atoms with Gasteiger partial charge < -0.3 is 19.9 Å². The van der Waals surface area contributed by atoms with Gasteiger partial charge in [0.1, 0.15) is 6.61 Å². The van der Waals surface area contributed by atoms with Crippen LogP contribution in [0.4, 0.5) is 18.0 Å². The minimum Gasteiger partial charge on any atom is -0.443 e. The van der Waals surface area contributed by atoms with Gasteiger partial charge in [0.2, 0.25) is 5.96 Å². The second-order valence-electron chi connectivity index (χ2n) is 10.4. The van der Waals surface area contributed by atoms with Gasteiger partial charge in [-0.3, -0.25) is 14.9 Å². The van der Waals surface area contributed by atoms with Gasteiger partial charge in [0.25, 0.3) is 11.8 Å². The first kappa shape index (κ1) is 31.0. The summed E-state index contributed by atoms with van der Waals surface area (Å²) in [4.78, 5) is 46.8. The average molecular weight is 619 g/mol. The number of carbonyl (C=O) groups excluding carboxylic acids is 3. The number of alkyl halides is 3. The number of nitrogens with one attached hydrogen (secondary N) is 1. The molecule has 232 valence electrons. The number of guanidine groups is 1. The van der Waals surface area contributed by atoms with Gasteiger partial charge in [-0.15, -0.1) is 4.99 Å². The Kier molecular flexibility index (Phi) is 9.26. The number of nitrogens with zero attached hydrogens (tertiary/aromatic N) is 4. The van der Waals surface area contributed by atoms with Crippen molar-refractivity contribution in [2.24, 2.45) is 10.7 Å². The predicted molar refractivity (Wildman–Crippen MR) is 159 cm³/mol. The molecule has 45 heavy (non-hydrogen) atoms. The number of hydrogen-bond acceptors (Lipinski definition) is 5. The number of benzene rings is 3. The van der Waals surface area contributed by atoms with Crippen LogP contribution in [0.25, 0.3) is 5.69 Å². The van der Waals surface area contributed by atoms with E-state index >= 15 is 0 Å². The normalized spacial score (nSPS) is 14.2. The van der Waals surface area contributed by atoms with Crippen LogP contribution in [0, 0.1) is 0 Å². The lowest BCUT2D eigenvalue weighted by Crippen LogP contribution is -2.38. The molecule has 1 fully saturated rings. The van der Waals surface area contributed by atoms with Gasteiger partial charge >= 0.3 is 12.3 Å². The number of likely N-dealkylation sites (tertiary alicyclic amines) is 1. The minimum absolute atomic E-state index is 0.0435. The standard InChI is InChI=1S/C32H29F3N6O4/c33-32(34,35)27-18-24(28(42)38-30(36)39-31(44)45-19-21-4-2-1-3-5-21)8-11-26(27)22-12-15-40(16-13-22)29(43)23-6-9-25(10-7-23)41-17-14-37-20-41/h1-11,14,17-18,20,22H,12-13,15-16,19H2,(H3,36,38,39,42,44). The van der Waals surface area contributed by atoms with E-state index in [9.17, 15) is 27.6 Å². The van der Waals surface area contributed by atoms with Crippen LogP contribution in [0.1, 0.15) is 56.2 Å². The van der Waals surface area contributed by atoms with E-state index in [4.69, 9.17) is 10.5 Å². The molecule has 3 aromatic carbocycles. The van der Waals surface area contributed by atoms with Crippen LogP contribution in [-0.4, -0.2) is 51.4 Å². The Hall–Kier alpha value is -5.46. The lowest BCUT2D eigenvalue weighted by Gasteiger charge is -2.33. The SMILES string of the molecule is N/C(=N/C(=O)OCc1ccccc1)NC(=O)c1ccc(C2CCN(C(=O)c3ccc(-n4ccnc4)cc3)CC2)c(C(F)(F)F)c1. The summed E-state index contributed by atoms with van der Waals surface area (Å²) in [6.45, 7) is 0.479. The van der Waals surface area contributed by atoms with E-state index in [0.29, 0.717) is 24.0 Å². The fraction of sp³-hybridized carbons (Fsp3) is 0.219. The maximum absolute atomic E-state index is 14.2. The third-order valence-electron chi connectivity index (χ3n) is 7.42. The van der Waals surface area contributed by atoms with Crippen molar-refractivity contribution in [3.05, 3.63) is 119 Å². The molecule has 0 radical (unpaired) electrons. The highest BCUT2D eigenvalue weighted by molar-refractivity contribution is 6.07. The Labute approximate surface area is 256 Å². The maximum atomic E-state index is 14.2. The number of ether oxygens (including phenoxy) is 1. The van der Waals surface area contributed by atoms with E-state index in [1.807, 2.05) is 0 Å². The third kappa shape index (κ3) is 7.74. The fourth-order valence-corrected chi connectivity index (χ4v) is 5.13. The number of rotatable bonds is 6. The first-order valence-electron chi connectivity index (χ1n) is 14.0. The van der Waals surface area contributed by atoms with E-state index in [0.717, 1.165) is 11.8 Å². The molecule has 0 aliphatic carbocycles. The van der Waals surface area contributed by atoms with E-state index in [1.165, 1.54) is 12.1 Å². The van der Waals surface area contributed by atoms with Crippen molar-refractivity contribution >= 4 is 23.9 Å². The molecule has 1 aliphatic heterocycles. The molecular weight excluding hydrogens is 589 g/mol. The number of piperidine rings is 1. The lowest BCUT2D eigenvalue weighted by molar-refractivity contribution is -0.138. The quantitative estimate of drug-likeness (QED) is 0.223. The van der Waals surface area contributed by atoms with Crippen LogP contribution in [0.15, 0.2) is 96.5 Å². The molecule has 0 spiro atoms. The number of hydrogen-bond donors (Lipinski definition) is 2. The fourth-order valence-electron chi connectivity index (χ4n) is 5.13. The van der Waals surface area contributed by atoms with Crippen molar-refractivity contribution in [2.75, 3.05) is 13.1 Å². The summed E-state index contributed by atoms with van der Waals surface area (Å²) in [5.41, 5.74) is 6.43. The molecule has 0 saturated carbocycles. The van der Waals surface area contributed by atoms with Crippen molar-refractivity contribution in [3.8, 4) is 5.69 Å². The van der Waals surface area contributed by atoms with Crippen LogP contribution >= 0.6 is 0 Å². The van der Waals surface area contributed by atoms with Crippen LogP contribution < -0.4 is 11.1 Å². The molecule has 1 aliphatic rings. The van der Waals surface area contributed by atoms with Gasteiger partial charge in [0, 0.05) is 42.3 Å². The molecule has 4 aromatic rings. The number of amides is 3. The monoisotopic (exact) mass is 618 g/mol. The number of imidazole rings is 1. The highest BCUT2D eigenvalue weighted by Crippen LogP contribution is 2.39. The van der Waals surface area contributed by atoms with E-state index in [2.05, 4.69) is 15.3 Å². The molecule has 0 atom stereocenters. The van der Waals surface area contributed by atoms with Crippen molar-refractivity contribution in [3.63, 3.8) is 0 Å². The second kappa shape index (κ2) is 13.5. The number of halogens is 3. The van der Waals surface area contributed by atoms with E-state index < -0.39 is 35.6 Å². The summed E-state index contributed by atoms with van der Waals surface area (Å²) >= 11 is 0. The summed E-state index contributed by atoms with van der Waals surface area (Å²) in [6, 6.07) is 19.1. The van der Waals surface area contributed by atoms with Gasteiger partial charge in [-0.05, 0) is 66.3 Å². The average Bonchev–Trinajstić information content (AvgIpc) is 3.59. The number of carbonyl (C=O) groups is 3. The zero-order chi connectivity index (χ0) is 32.0. The van der Waals surface area contributed by atoms with Gasteiger partial charge in [-0.25, -0.2) is 9.78 Å². The molecule has 10 nitrogen and oxygen atoms in total. The molecule has 5 rings (SSSR count).